The third kappa shape index (κ3) is 28.6. The van der Waals surface area contributed by atoms with Gasteiger partial charge in [-0.3, -0.25) is 24.5 Å². The monoisotopic (exact) mass is 1280 g/mol. The highest BCUT2D eigenvalue weighted by atomic mass is 79.9. The van der Waals surface area contributed by atoms with Gasteiger partial charge in [-0.25, -0.2) is 24.9 Å². The molecule has 0 aromatic carbocycles. The predicted molar refractivity (Wildman–Crippen MR) is 341 cm³/mol. The molecule has 0 aliphatic heterocycles. The summed E-state index contributed by atoms with van der Waals surface area (Å²) in [7, 11) is 3.25. The fourth-order valence-corrected chi connectivity index (χ4v) is 8.82. The van der Waals surface area contributed by atoms with Crippen molar-refractivity contribution in [2.24, 2.45) is 17.8 Å². The SMILES string of the molecule is CC(CCC(=O)OC(C)(C)C)CCc1ccc(Br)cn1.COc1ncccc1-c1ccc(CCC(C)CCC(=O)OC(C)(C)C)nc1.COc1ncccc1-c1ccc(CCC(C)CCc2ncc(SC)cn2)nc1.Nc1ccc(Br)cn1. The first-order valence-corrected chi connectivity index (χ1v) is 31.0. The highest BCUT2D eigenvalue weighted by Crippen LogP contribution is 2.29. The van der Waals surface area contributed by atoms with E-state index in [0.717, 1.165) is 123 Å². The molecule has 2 N–H and O–H groups in total. The summed E-state index contributed by atoms with van der Waals surface area (Å²) in [4.78, 5) is 59.3. The molecule has 0 saturated heterocycles. The number of aryl methyl sites for hydroxylation is 4. The van der Waals surface area contributed by atoms with Crippen LogP contribution in [0.5, 0.6) is 11.8 Å². The van der Waals surface area contributed by atoms with Crippen molar-refractivity contribution in [2.75, 3.05) is 26.2 Å². The molecule has 0 aliphatic rings. The number of pyridine rings is 6. The number of anilines is 1. The predicted octanol–water partition coefficient (Wildman–Crippen LogP) is 15.7. The van der Waals surface area contributed by atoms with Crippen LogP contribution in [0.15, 0.2) is 136 Å². The summed E-state index contributed by atoms with van der Waals surface area (Å²) in [5, 5.41) is 0. The maximum atomic E-state index is 11.8. The number of rotatable bonds is 23. The Morgan fingerprint density at radius 1 is 0.506 bits per heavy atom. The molecule has 446 valence electrons. The molecule has 15 nitrogen and oxygen atoms in total. The first-order valence-electron chi connectivity index (χ1n) is 28.2. The van der Waals surface area contributed by atoms with Gasteiger partial charge in [0, 0.05) is 122 Å². The molecular formula is C65H85Br2N9O6S. The van der Waals surface area contributed by atoms with E-state index in [1.807, 2.05) is 133 Å². The number of carbonyl (C=O) groups excluding carboxylic acids is 2. The van der Waals surface area contributed by atoms with Crippen LogP contribution in [0.3, 0.4) is 0 Å². The highest BCUT2D eigenvalue weighted by molar-refractivity contribution is 9.10. The maximum Gasteiger partial charge on any atom is 0.306 e. The van der Waals surface area contributed by atoms with Crippen molar-refractivity contribution < 1.29 is 28.5 Å². The number of methoxy groups -OCH3 is 2. The van der Waals surface area contributed by atoms with Crippen LogP contribution in [0.1, 0.15) is 137 Å². The second-order valence-corrected chi connectivity index (χ2v) is 25.0. The van der Waals surface area contributed by atoms with Crippen LogP contribution in [0.2, 0.25) is 0 Å². The number of hydrogen-bond donors (Lipinski definition) is 1. The molecule has 7 rings (SSSR count). The summed E-state index contributed by atoms with van der Waals surface area (Å²) in [5.74, 6) is 4.01. The standard InChI is InChI=1S/C22H26N4OS.C22H30N2O3.C16H24BrNO2.C5H5BrN2/c1-16(7-11-21-25-14-19(28-3)15-26-21)6-9-18-10-8-17(13-24-18)20-5-4-12-23-22(20)27-2;1-16(9-13-20(25)27-22(2,3)4)8-11-18-12-10-17(15-24-18)19-7-6-14-23-21(19)26-5;1-12(6-10-15(19)20-16(2,3)4)5-8-14-9-7-13(17)11-18-14;6-4-1-2-5(7)8-3-4/h4-5,8,10,12-16H,6-7,9,11H2,1-3H3;6-7,10,12,14-16H,8-9,11,13H2,1-5H3;7,9,11-12H,5-6,8,10H2,1-4H3;1-3H,(H2,7,8). The molecule has 18 heteroatoms. The number of carbonyl (C=O) groups is 2. The van der Waals surface area contributed by atoms with E-state index in [9.17, 15) is 9.59 Å². The van der Waals surface area contributed by atoms with Gasteiger partial charge in [-0.05, 0) is 216 Å². The smallest absolute Gasteiger partial charge is 0.306 e. The lowest BCUT2D eigenvalue weighted by Crippen LogP contribution is -2.24. The molecule has 0 spiro atoms. The average Bonchev–Trinajstić information content (AvgIpc) is 3.58. The molecule has 83 heavy (non-hydrogen) atoms. The van der Waals surface area contributed by atoms with Gasteiger partial charge < -0.3 is 24.7 Å². The summed E-state index contributed by atoms with van der Waals surface area (Å²) < 4.78 is 23.3. The van der Waals surface area contributed by atoms with Crippen LogP contribution in [0.4, 0.5) is 5.82 Å². The lowest BCUT2D eigenvalue weighted by Gasteiger charge is -2.20. The van der Waals surface area contributed by atoms with Crippen molar-refractivity contribution >= 4 is 61.4 Å². The van der Waals surface area contributed by atoms with E-state index in [0.29, 0.717) is 48.2 Å². The third-order valence-electron chi connectivity index (χ3n) is 12.7. The third-order valence-corrected chi connectivity index (χ3v) is 14.3. The van der Waals surface area contributed by atoms with Gasteiger partial charge in [0.05, 0.1) is 14.2 Å². The number of nitrogens with two attached hydrogens (primary N) is 1. The van der Waals surface area contributed by atoms with Gasteiger partial charge in [0.15, 0.2) is 0 Å². The number of hydrogen-bond acceptors (Lipinski definition) is 16. The van der Waals surface area contributed by atoms with Crippen molar-refractivity contribution in [3.8, 4) is 34.0 Å². The summed E-state index contributed by atoms with van der Waals surface area (Å²) in [6.45, 7) is 18.0. The van der Waals surface area contributed by atoms with Crippen LogP contribution in [0, 0.1) is 17.8 Å². The van der Waals surface area contributed by atoms with E-state index < -0.39 is 5.60 Å². The van der Waals surface area contributed by atoms with Crippen molar-refractivity contribution in [3.05, 3.63) is 154 Å². The Hall–Kier alpha value is -6.37. The van der Waals surface area contributed by atoms with E-state index in [2.05, 4.69) is 105 Å². The van der Waals surface area contributed by atoms with E-state index >= 15 is 0 Å². The highest BCUT2D eigenvalue weighted by Gasteiger charge is 2.19. The van der Waals surface area contributed by atoms with Gasteiger partial charge in [-0.2, -0.15) is 0 Å². The molecule has 0 bridgehead atoms. The quantitative estimate of drug-likeness (QED) is 0.0468. The molecular weight excluding hydrogens is 1190 g/mol. The number of thioether (sulfide) groups is 1. The molecule has 3 atom stereocenters. The van der Waals surface area contributed by atoms with E-state index in [1.165, 1.54) is 0 Å². The minimum absolute atomic E-state index is 0.105. The number of nitrogens with zero attached hydrogens (tertiary/aromatic N) is 8. The molecule has 7 heterocycles. The Morgan fingerprint density at radius 2 is 0.904 bits per heavy atom. The lowest BCUT2D eigenvalue weighted by molar-refractivity contribution is -0.156. The van der Waals surface area contributed by atoms with Gasteiger partial charge in [-0.1, -0.05) is 32.9 Å². The normalized spacial score (nSPS) is 12.1. The van der Waals surface area contributed by atoms with Crippen molar-refractivity contribution in [2.45, 2.75) is 155 Å². The zero-order valence-electron chi connectivity index (χ0n) is 50.5. The van der Waals surface area contributed by atoms with Crippen molar-refractivity contribution in [1.82, 2.24) is 39.9 Å². The van der Waals surface area contributed by atoms with Crippen LogP contribution < -0.4 is 15.2 Å². The Morgan fingerprint density at radius 3 is 1.25 bits per heavy atom. The van der Waals surface area contributed by atoms with Gasteiger partial charge >= 0.3 is 11.9 Å². The summed E-state index contributed by atoms with van der Waals surface area (Å²) in [6, 6.07) is 23.7. The van der Waals surface area contributed by atoms with Crippen molar-refractivity contribution in [1.29, 1.82) is 0 Å². The maximum absolute atomic E-state index is 11.8. The number of esters is 2. The van der Waals surface area contributed by atoms with Crippen LogP contribution >= 0.6 is 43.6 Å². The van der Waals surface area contributed by atoms with Crippen molar-refractivity contribution in [3.63, 3.8) is 0 Å². The molecule has 7 aromatic heterocycles. The zero-order chi connectivity index (χ0) is 60.8. The summed E-state index contributed by atoms with van der Waals surface area (Å²) in [5.41, 5.74) is 11.7. The Labute approximate surface area is 514 Å². The van der Waals surface area contributed by atoms with Crippen LogP contribution in [-0.4, -0.2) is 83.5 Å². The first-order chi connectivity index (χ1) is 39.5. The second-order valence-electron chi connectivity index (χ2n) is 22.3. The lowest BCUT2D eigenvalue weighted by atomic mass is 9.98. The zero-order valence-corrected chi connectivity index (χ0v) is 54.5. The van der Waals surface area contributed by atoms with Gasteiger partial charge in [0.2, 0.25) is 11.8 Å². The van der Waals surface area contributed by atoms with Crippen LogP contribution in [-0.2, 0) is 44.7 Å². The van der Waals surface area contributed by atoms with E-state index in [1.54, 1.807) is 50.6 Å². The summed E-state index contributed by atoms with van der Waals surface area (Å²) >= 11 is 8.27. The fourth-order valence-electron chi connectivity index (χ4n) is 8.03. The van der Waals surface area contributed by atoms with Crippen LogP contribution in [0.25, 0.3) is 22.3 Å². The molecule has 0 fully saturated rings. The number of ether oxygens (including phenoxy) is 4. The fraction of sp³-hybridized carbons (Fsp3) is 0.446. The Kier molecular flexibility index (Phi) is 30.3. The molecule has 0 amide bonds. The average molecular weight is 1280 g/mol. The molecule has 0 aliphatic carbocycles. The molecule has 3 unspecified atom stereocenters. The molecule has 0 radical (unpaired) electrons. The summed E-state index contributed by atoms with van der Waals surface area (Å²) in [6.07, 6.45) is 27.1. The Bertz CT molecular complexity index is 2940. The van der Waals surface area contributed by atoms with Gasteiger partial charge in [0.25, 0.3) is 0 Å². The number of nitrogen functional groups attached to an aromatic ring is 1. The molecule has 7 aromatic rings. The van der Waals surface area contributed by atoms with Gasteiger partial charge in [0.1, 0.15) is 22.8 Å². The van der Waals surface area contributed by atoms with Gasteiger partial charge in [-0.15, -0.1) is 11.8 Å². The van der Waals surface area contributed by atoms with E-state index in [-0.39, 0.29) is 17.5 Å². The number of halogens is 2. The Balaban J connectivity index is 0.000000253. The minimum atomic E-state index is -0.414. The largest absolute Gasteiger partial charge is 0.481 e. The minimum Gasteiger partial charge on any atom is -0.481 e. The molecule has 0 saturated carbocycles. The first kappa shape index (κ1) is 69.1. The van der Waals surface area contributed by atoms with E-state index in [4.69, 9.17) is 24.7 Å². The topological polar surface area (TPSA) is 200 Å². The number of aromatic nitrogens is 8. The second kappa shape index (κ2) is 36.4.